The molecule has 0 saturated carbocycles. The summed E-state index contributed by atoms with van der Waals surface area (Å²) >= 11 is 0. The minimum atomic E-state index is -3.81. The minimum absolute atomic E-state index is 0.251. The summed E-state index contributed by atoms with van der Waals surface area (Å²) in [6.45, 7) is 0.798. The van der Waals surface area contributed by atoms with Gasteiger partial charge in [0.05, 0.1) is 10.9 Å². The molecule has 1 atom stereocenters. The van der Waals surface area contributed by atoms with E-state index in [2.05, 4.69) is 5.32 Å². The predicted octanol–water partition coefficient (Wildman–Crippen LogP) is 1.21. The Hall–Kier alpha value is -1.28. The van der Waals surface area contributed by atoms with Crippen molar-refractivity contribution in [1.29, 1.82) is 0 Å². The summed E-state index contributed by atoms with van der Waals surface area (Å²) in [6.07, 6.45) is 0.390. The summed E-state index contributed by atoms with van der Waals surface area (Å²) in [5.74, 6) is -4.60. The van der Waals surface area contributed by atoms with Gasteiger partial charge in [0, 0.05) is 6.54 Å². The van der Waals surface area contributed by atoms with E-state index >= 15 is 0 Å². The lowest BCUT2D eigenvalue weighted by molar-refractivity contribution is 0.449. The highest BCUT2D eigenvalue weighted by Crippen LogP contribution is 2.22. The molecule has 1 aliphatic rings. The van der Waals surface area contributed by atoms with Crippen molar-refractivity contribution in [2.24, 2.45) is 0 Å². The molecule has 0 aliphatic carbocycles. The van der Waals surface area contributed by atoms with Gasteiger partial charge in [0.25, 0.3) is 0 Å². The van der Waals surface area contributed by atoms with Gasteiger partial charge in [-0.25, -0.2) is 21.6 Å². The van der Waals surface area contributed by atoms with Crippen molar-refractivity contribution in [1.82, 2.24) is 5.32 Å². The highest BCUT2D eigenvalue weighted by atomic mass is 32.2. The maximum Gasteiger partial charge on any atom is 0.237 e. The first-order valence-electron chi connectivity index (χ1n) is 5.27. The predicted molar refractivity (Wildman–Crippen MR) is 60.1 cm³/mol. The molecule has 1 aromatic carbocycles. The van der Waals surface area contributed by atoms with Crippen molar-refractivity contribution in [3.63, 3.8) is 0 Å². The van der Waals surface area contributed by atoms with E-state index < -0.39 is 38.4 Å². The topological polar surface area (TPSA) is 58.2 Å². The molecule has 0 aromatic heterocycles. The number of anilines is 1. The van der Waals surface area contributed by atoms with Gasteiger partial charge in [-0.2, -0.15) is 0 Å². The third kappa shape index (κ3) is 2.44. The Kier molecular flexibility index (Phi) is 3.49. The molecule has 0 bridgehead atoms. The van der Waals surface area contributed by atoms with Crippen LogP contribution in [-0.2, 0) is 10.0 Å². The zero-order valence-corrected chi connectivity index (χ0v) is 10.0. The average Bonchev–Trinajstić information content (AvgIpc) is 2.84. The molecule has 0 spiro atoms. The fourth-order valence-corrected chi connectivity index (χ4v) is 3.13. The molecule has 8 heteroatoms. The average molecular weight is 280 g/mol. The molecular formula is C10H11F3N2O2S. The monoisotopic (exact) mass is 280 g/mol. The van der Waals surface area contributed by atoms with Crippen LogP contribution in [0, 0.1) is 17.5 Å². The Balaban J connectivity index is 2.26. The second-order valence-corrected chi connectivity index (χ2v) is 5.95. The molecular weight excluding hydrogens is 269 g/mol. The van der Waals surface area contributed by atoms with Crippen molar-refractivity contribution in [3.8, 4) is 0 Å². The van der Waals surface area contributed by atoms with Gasteiger partial charge in [-0.1, -0.05) is 0 Å². The van der Waals surface area contributed by atoms with Gasteiger partial charge in [0.15, 0.2) is 17.5 Å². The largest absolute Gasteiger partial charge is 0.315 e. The van der Waals surface area contributed by atoms with Gasteiger partial charge in [-0.15, -0.1) is 0 Å². The van der Waals surface area contributed by atoms with Gasteiger partial charge >= 0.3 is 0 Å². The first-order chi connectivity index (χ1) is 8.42. The van der Waals surface area contributed by atoms with Crippen LogP contribution in [0.4, 0.5) is 18.9 Å². The molecule has 2 rings (SSSR count). The van der Waals surface area contributed by atoms with E-state index in [1.54, 1.807) is 0 Å². The summed E-state index contributed by atoms with van der Waals surface area (Å²) in [5.41, 5.74) is -0.583. The lowest BCUT2D eigenvalue weighted by Gasteiger charge is -2.13. The van der Waals surface area contributed by atoms with Crippen molar-refractivity contribution < 1.29 is 21.6 Å². The van der Waals surface area contributed by atoms with Crippen LogP contribution in [0.2, 0.25) is 0 Å². The Morgan fingerprint density at radius 3 is 2.56 bits per heavy atom. The Labute approximate surface area is 102 Å². The zero-order valence-electron chi connectivity index (χ0n) is 9.21. The number of benzene rings is 1. The van der Waals surface area contributed by atoms with E-state index in [4.69, 9.17) is 0 Å². The summed E-state index contributed by atoms with van der Waals surface area (Å²) < 4.78 is 64.5. The van der Waals surface area contributed by atoms with Crippen LogP contribution in [0.15, 0.2) is 12.1 Å². The van der Waals surface area contributed by atoms with Crippen LogP contribution < -0.4 is 10.0 Å². The van der Waals surface area contributed by atoms with Crippen molar-refractivity contribution in [2.75, 3.05) is 17.8 Å². The quantitative estimate of drug-likeness (QED) is 0.818. The summed E-state index contributed by atoms with van der Waals surface area (Å²) in [4.78, 5) is 0. The van der Waals surface area contributed by atoms with Crippen molar-refractivity contribution >= 4 is 15.7 Å². The molecule has 4 nitrogen and oxygen atoms in total. The molecule has 1 aromatic rings. The molecule has 0 radical (unpaired) electrons. The van der Waals surface area contributed by atoms with Crippen LogP contribution in [0.1, 0.15) is 6.42 Å². The van der Waals surface area contributed by atoms with Gasteiger partial charge in [0.1, 0.15) is 0 Å². The molecule has 1 unspecified atom stereocenters. The molecule has 18 heavy (non-hydrogen) atoms. The molecule has 1 aliphatic heterocycles. The highest BCUT2D eigenvalue weighted by molar-refractivity contribution is 7.93. The van der Waals surface area contributed by atoms with E-state index in [-0.39, 0.29) is 6.54 Å². The van der Waals surface area contributed by atoms with Gasteiger partial charge in [0.2, 0.25) is 10.0 Å². The smallest absolute Gasteiger partial charge is 0.237 e. The number of sulfonamides is 1. The molecule has 100 valence electrons. The fourth-order valence-electron chi connectivity index (χ4n) is 1.73. The lowest BCUT2D eigenvalue weighted by Crippen LogP contribution is -2.30. The van der Waals surface area contributed by atoms with Crippen LogP contribution >= 0.6 is 0 Å². The molecule has 1 fully saturated rings. The Morgan fingerprint density at radius 2 is 1.94 bits per heavy atom. The zero-order chi connectivity index (χ0) is 13.3. The van der Waals surface area contributed by atoms with E-state index in [9.17, 15) is 21.6 Å². The maximum absolute atomic E-state index is 13.3. The normalized spacial score (nSPS) is 20.1. The third-order valence-electron chi connectivity index (χ3n) is 2.74. The highest BCUT2D eigenvalue weighted by Gasteiger charge is 2.29. The Bertz CT molecular complexity index is 556. The summed E-state index contributed by atoms with van der Waals surface area (Å²) in [7, 11) is -3.81. The third-order valence-corrected chi connectivity index (χ3v) is 4.53. The molecule has 1 heterocycles. The van der Waals surface area contributed by atoms with Crippen molar-refractivity contribution in [3.05, 3.63) is 29.6 Å². The number of nitrogens with one attached hydrogen (secondary N) is 2. The fraction of sp³-hybridized carbons (Fsp3) is 0.400. The molecule has 1 saturated heterocycles. The van der Waals surface area contributed by atoms with Crippen LogP contribution in [0.25, 0.3) is 0 Å². The summed E-state index contributed by atoms with van der Waals surface area (Å²) in [5, 5.41) is 2.15. The van der Waals surface area contributed by atoms with E-state index in [1.807, 2.05) is 4.72 Å². The van der Waals surface area contributed by atoms with Crippen LogP contribution in [-0.4, -0.2) is 26.8 Å². The number of hydrogen-bond donors (Lipinski definition) is 2. The minimum Gasteiger partial charge on any atom is -0.315 e. The van der Waals surface area contributed by atoms with Gasteiger partial charge in [-0.05, 0) is 25.1 Å². The second-order valence-electron chi connectivity index (χ2n) is 3.98. The van der Waals surface area contributed by atoms with Gasteiger partial charge < -0.3 is 5.32 Å². The SMILES string of the molecule is O=S(=O)(Nc1ccc(F)c(F)c1F)C1CCNC1. The van der Waals surface area contributed by atoms with E-state index in [0.717, 1.165) is 6.07 Å². The second kappa shape index (κ2) is 4.77. The van der Waals surface area contributed by atoms with E-state index in [1.165, 1.54) is 0 Å². The molecule has 2 N–H and O–H groups in total. The standard InChI is InChI=1S/C10H11F3N2O2S/c11-7-1-2-8(10(13)9(7)12)15-18(16,17)6-3-4-14-5-6/h1-2,6,14-15H,3-5H2. The lowest BCUT2D eigenvalue weighted by atomic mass is 10.3. The summed E-state index contributed by atoms with van der Waals surface area (Å²) in [6, 6.07) is 1.52. The maximum atomic E-state index is 13.3. The number of rotatable bonds is 3. The first kappa shape index (κ1) is 13.2. The first-order valence-corrected chi connectivity index (χ1v) is 6.82. The number of hydrogen-bond acceptors (Lipinski definition) is 3. The van der Waals surface area contributed by atoms with Gasteiger partial charge in [-0.3, -0.25) is 4.72 Å². The van der Waals surface area contributed by atoms with E-state index in [0.29, 0.717) is 19.0 Å². The Morgan fingerprint density at radius 1 is 1.22 bits per heavy atom. The van der Waals surface area contributed by atoms with Crippen molar-refractivity contribution in [2.45, 2.75) is 11.7 Å². The van der Waals surface area contributed by atoms with Crippen LogP contribution in [0.3, 0.4) is 0 Å². The molecule has 0 amide bonds. The van der Waals surface area contributed by atoms with Crippen LogP contribution in [0.5, 0.6) is 0 Å². The number of halogens is 3.